The number of nitrogens with zero attached hydrogens (tertiary/aromatic N) is 4. The first kappa shape index (κ1) is 17.5. The number of fused-ring (bicyclic) bond motifs is 1. The molecule has 1 fully saturated rings. The summed E-state index contributed by atoms with van der Waals surface area (Å²) in [6.07, 6.45) is 6.03. The van der Waals surface area contributed by atoms with E-state index in [-0.39, 0.29) is 24.0 Å². The summed E-state index contributed by atoms with van der Waals surface area (Å²) in [5.41, 5.74) is 0. The van der Waals surface area contributed by atoms with Crippen LogP contribution in [-0.2, 0) is 19.5 Å². The fourth-order valence-corrected chi connectivity index (χ4v) is 2.83. The Labute approximate surface area is 149 Å². The molecule has 1 aliphatic heterocycles. The van der Waals surface area contributed by atoms with Crippen molar-refractivity contribution in [1.29, 1.82) is 0 Å². The third-order valence-electron chi connectivity index (χ3n) is 4.34. The van der Waals surface area contributed by atoms with E-state index >= 15 is 0 Å². The SMILES string of the molecule is CCNC(=NCc1nnc2n1CCCCC2)NC1CC1C.I. The molecular weight excluding hydrogens is 391 g/mol. The topological polar surface area (TPSA) is 67.1 Å². The Balaban J connectivity index is 0.00000176. The van der Waals surface area contributed by atoms with Crippen molar-refractivity contribution in [3.05, 3.63) is 11.6 Å². The van der Waals surface area contributed by atoms with Crippen LogP contribution in [0.25, 0.3) is 0 Å². The van der Waals surface area contributed by atoms with Gasteiger partial charge in [0.1, 0.15) is 12.4 Å². The Morgan fingerprint density at radius 3 is 2.86 bits per heavy atom. The number of aromatic nitrogens is 3. The van der Waals surface area contributed by atoms with E-state index in [1.165, 1.54) is 25.7 Å². The molecule has 0 spiro atoms. The molecule has 22 heavy (non-hydrogen) atoms. The Morgan fingerprint density at radius 1 is 1.32 bits per heavy atom. The molecule has 1 saturated carbocycles. The highest BCUT2D eigenvalue weighted by Gasteiger charge is 2.33. The van der Waals surface area contributed by atoms with Gasteiger partial charge in [0.25, 0.3) is 0 Å². The average molecular weight is 418 g/mol. The highest BCUT2D eigenvalue weighted by atomic mass is 127. The molecule has 3 rings (SSSR count). The molecule has 2 N–H and O–H groups in total. The largest absolute Gasteiger partial charge is 0.357 e. The average Bonchev–Trinajstić information content (AvgIpc) is 3.11. The predicted octanol–water partition coefficient (Wildman–Crippen LogP) is 2.09. The maximum atomic E-state index is 4.68. The molecule has 0 radical (unpaired) electrons. The molecule has 2 atom stereocenters. The van der Waals surface area contributed by atoms with Crippen molar-refractivity contribution in [2.75, 3.05) is 6.54 Å². The Morgan fingerprint density at radius 2 is 2.14 bits per heavy atom. The molecular formula is C15H27IN6. The van der Waals surface area contributed by atoms with E-state index in [1.54, 1.807) is 0 Å². The molecule has 1 aliphatic carbocycles. The van der Waals surface area contributed by atoms with Crippen molar-refractivity contribution in [3.8, 4) is 0 Å². The molecule has 7 heteroatoms. The molecule has 124 valence electrons. The van der Waals surface area contributed by atoms with Crippen LogP contribution < -0.4 is 10.6 Å². The van der Waals surface area contributed by atoms with E-state index in [9.17, 15) is 0 Å². The fourth-order valence-electron chi connectivity index (χ4n) is 2.83. The molecule has 2 heterocycles. The third kappa shape index (κ3) is 4.33. The number of aliphatic imine (C=N–C) groups is 1. The minimum Gasteiger partial charge on any atom is -0.357 e. The van der Waals surface area contributed by atoms with E-state index in [4.69, 9.17) is 0 Å². The van der Waals surface area contributed by atoms with Gasteiger partial charge in [-0.05, 0) is 32.1 Å². The van der Waals surface area contributed by atoms with Gasteiger partial charge in [-0.1, -0.05) is 13.3 Å². The lowest BCUT2D eigenvalue weighted by molar-refractivity contribution is 0.605. The van der Waals surface area contributed by atoms with Crippen LogP contribution in [0.2, 0.25) is 0 Å². The minimum atomic E-state index is 0. The summed E-state index contributed by atoms with van der Waals surface area (Å²) in [4.78, 5) is 4.68. The van der Waals surface area contributed by atoms with Crippen LogP contribution in [0, 0.1) is 5.92 Å². The molecule has 0 aromatic carbocycles. The van der Waals surface area contributed by atoms with Crippen molar-refractivity contribution in [2.24, 2.45) is 10.9 Å². The summed E-state index contributed by atoms with van der Waals surface area (Å²) >= 11 is 0. The van der Waals surface area contributed by atoms with Crippen LogP contribution in [0.15, 0.2) is 4.99 Å². The second-order valence-electron chi connectivity index (χ2n) is 6.15. The highest BCUT2D eigenvalue weighted by Crippen LogP contribution is 2.28. The number of hydrogen-bond donors (Lipinski definition) is 2. The quantitative estimate of drug-likeness (QED) is 0.447. The Kier molecular flexibility index (Phi) is 6.46. The zero-order chi connectivity index (χ0) is 14.7. The van der Waals surface area contributed by atoms with Gasteiger partial charge in [-0.2, -0.15) is 0 Å². The van der Waals surface area contributed by atoms with Crippen molar-refractivity contribution >= 4 is 29.9 Å². The smallest absolute Gasteiger partial charge is 0.191 e. The number of rotatable bonds is 4. The molecule has 0 saturated heterocycles. The van der Waals surface area contributed by atoms with Crippen molar-refractivity contribution in [3.63, 3.8) is 0 Å². The van der Waals surface area contributed by atoms with Gasteiger partial charge in [0.15, 0.2) is 11.8 Å². The summed E-state index contributed by atoms with van der Waals surface area (Å²) in [6, 6.07) is 0.582. The van der Waals surface area contributed by atoms with E-state index < -0.39 is 0 Å². The van der Waals surface area contributed by atoms with Crippen LogP contribution in [0.4, 0.5) is 0 Å². The van der Waals surface area contributed by atoms with E-state index in [0.717, 1.165) is 43.0 Å². The van der Waals surface area contributed by atoms with Crippen molar-refractivity contribution in [1.82, 2.24) is 25.4 Å². The van der Waals surface area contributed by atoms with Crippen LogP contribution in [0.3, 0.4) is 0 Å². The summed E-state index contributed by atoms with van der Waals surface area (Å²) in [5.74, 6) is 3.79. The molecule has 0 bridgehead atoms. The van der Waals surface area contributed by atoms with Gasteiger partial charge in [-0.15, -0.1) is 34.2 Å². The monoisotopic (exact) mass is 418 g/mol. The summed E-state index contributed by atoms with van der Waals surface area (Å²) in [6.45, 7) is 6.88. The molecule has 1 aromatic rings. The maximum absolute atomic E-state index is 4.68. The van der Waals surface area contributed by atoms with E-state index in [1.807, 2.05) is 0 Å². The van der Waals surface area contributed by atoms with Crippen LogP contribution in [0.1, 0.15) is 51.2 Å². The van der Waals surface area contributed by atoms with Gasteiger partial charge in [-0.25, -0.2) is 4.99 Å². The first-order chi connectivity index (χ1) is 10.3. The molecule has 0 amide bonds. The first-order valence-electron chi connectivity index (χ1n) is 8.23. The van der Waals surface area contributed by atoms with Crippen LogP contribution in [-0.4, -0.2) is 33.3 Å². The Hall–Kier alpha value is -0.860. The summed E-state index contributed by atoms with van der Waals surface area (Å²) in [7, 11) is 0. The lowest BCUT2D eigenvalue weighted by Gasteiger charge is -2.11. The number of hydrogen-bond acceptors (Lipinski definition) is 3. The normalized spacial score (nSPS) is 24.0. The first-order valence-corrected chi connectivity index (χ1v) is 8.23. The van der Waals surface area contributed by atoms with Crippen LogP contribution in [0.5, 0.6) is 0 Å². The lowest BCUT2D eigenvalue weighted by Crippen LogP contribution is -2.39. The summed E-state index contributed by atoms with van der Waals surface area (Å²) in [5, 5.41) is 15.4. The number of guanidine groups is 1. The number of nitrogens with one attached hydrogen (secondary N) is 2. The summed E-state index contributed by atoms with van der Waals surface area (Å²) < 4.78 is 2.26. The predicted molar refractivity (Wildman–Crippen MR) is 98.5 cm³/mol. The zero-order valence-corrected chi connectivity index (χ0v) is 15.8. The van der Waals surface area contributed by atoms with Crippen LogP contribution >= 0.6 is 24.0 Å². The second kappa shape index (κ2) is 8.12. The van der Waals surface area contributed by atoms with Gasteiger partial charge in [0.05, 0.1) is 0 Å². The van der Waals surface area contributed by atoms with Gasteiger partial charge in [-0.3, -0.25) is 0 Å². The minimum absolute atomic E-state index is 0. The third-order valence-corrected chi connectivity index (χ3v) is 4.34. The van der Waals surface area contributed by atoms with Gasteiger partial charge in [0.2, 0.25) is 0 Å². The fraction of sp³-hybridized carbons (Fsp3) is 0.800. The van der Waals surface area contributed by atoms with Gasteiger partial charge < -0.3 is 15.2 Å². The molecule has 2 aliphatic rings. The highest BCUT2D eigenvalue weighted by molar-refractivity contribution is 14.0. The maximum Gasteiger partial charge on any atom is 0.191 e. The molecule has 1 aromatic heterocycles. The van der Waals surface area contributed by atoms with Gasteiger partial charge >= 0.3 is 0 Å². The molecule has 2 unspecified atom stereocenters. The van der Waals surface area contributed by atoms with Crippen molar-refractivity contribution in [2.45, 2.75) is 65.1 Å². The second-order valence-corrected chi connectivity index (χ2v) is 6.15. The zero-order valence-electron chi connectivity index (χ0n) is 13.5. The lowest BCUT2D eigenvalue weighted by atomic mass is 10.2. The van der Waals surface area contributed by atoms with E-state index in [2.05, 4.69) is 44.2 Å². The standard InChI is InChI=1S/C15H26N6.HI/c1-3-16-15(18-12-9-11(12)2)17-10-14-20-19-13-7-5-4-6-8-21(13)14;/h11-12H,3-10H2,1-2H3,(H2,16,17,18);1H. The van der Waals surface area contributed by atoms with E-state index in [0.29, 0.717) is 12.6 Å². The molecule has 6 nitrogen and oxygen atoms in total. The van der Waals surface area contributed by atoms with Crippen molar-refractivity contribution < 1.29 is 0 Å². The number of aryl methyl sites for hydroxylation is 1. The van der Waals surface area contributed by atoms with Gasteiger partial charge in [0, 0.05) is 25.6 Å². The Bertz CT molecular complexity index is 512. The number of halogens is 1.